The molecule has 2 aromatic rings. The van der Waals surface area contributed by atoms with Gasteiger partial charge in [0.25, 0.3) is 0 Å². The van der Waals surface area contributed by atoms with E-state index in [1.165, 1.54) is 18.4 Å². The quantitative estimate of drug-likeness (QED) is 0.663. The number of allylic oxidation sites excluding steroid dienone is 2. The van der Waals surface area contributed by atoms with Gasteiger partial charge >= 0.3 is 11.9 Å². The number of hydrogen-bond acceptors (Lipinski definition) is 7. The number of carbonyl (C=O) groups excluding carboxylic acids is 2. The minimum absolute atomic E-state index is 0.299. The fraction of sp³-hybridized carbons (Fsp3) is 0.318. The summed E-state index contributed by atoms with van der Waals surface area (Å²) >= 11 is 7.41. The van der Waals surface area contributed by atoms with E-state index in [0.29, 0.717) is 33.3 Å². The van der Waals surface area contributed by atoms with E-state index >= 15 is 0 Å². The fourth-order valence-corrected chi connectivity index (χ4v) is 4.34. The van der Waals surface area contributed by atoms with Crippen molar-refractivity contribution in [2.45, 2.75) is 39.7 Å². The highest BCUT2D eigenvalue weighted by atomic mass is 35.5. The molecular weight excluding hydrogens is 424 g/mol. The van der Waals surface area contributed by atoms with E-state index in [0.717, 1.165) is 10.6 Å². The van der Waals surface area contributed by atoms with E-state index in [4.69, 9.17) is 26.1 Å². The molecule has 1 N–H and O–H groups in total. The fourth-order valence-electron chi connectivity index (χ4n) is 3.36. The Hall–Kier alpha value is -2.64. The van der Waals surface area contributed by atoms with Crippen molar-refractivity contribution in [3.63, 3.8) is 0 Å². The molecule has 158 valence electrons. The maximum Gasteiger partial charge on any atom is 0.337 e. The van der Waals surface area contributed by atoms with Gasteiger partial charge in [-0.1, -0.05) is 23.7 Å². The minimum Gasteiger partial charge on any atom is -0.466 e. The molecule has 1 aliphatic rings. The van der Waals surface area contributed by atoms with Crippen molar-refractivity contribution in [3.8, 4) is 10.6 Å². The van der Waals surface area contributed by atoms with Crippen molar-refractivity contribution < 1.29 is 19.1 Å². The molecule has 2 heterocycles. The van der Waals surface area contributed by atoms with Crippen molar-refractivity contribution in [1.29, 1.82) is 0 Å². The van der Waals surface area contributed by atoms with Crippen LogP contribution >= 0.6 is 22.9 Å². The lowest BCUT2D eigenvalue weighted by molar-refractivity contribution is -0.143. The second-order valence-corrected chi connectivity index (χ2v) is 8.46. The van der Waals surface area contributed by atoms with Crippen molar-refractivity contribution in [2.24, 2.45) is 0 Å². The molecule has 0 bridgehead atoms. The van der Waals surface area contributed by atoms with Crippen molar-refractivity contribution in [3.05, 3.63) is 62.9 Å². The molecule has 0 radical (unpaired) electrons. The lowest BCUT2D eigenvalue weighted by atomic mass is 9.83. The van der Waals surface area contributed by atoms with Gasteiger partial charge in [0.05, 0.1) is 36.0 Å². The zero-order valence-electron chi connectivity index (χ0n) is 17.4. The number of hydrogen-bond donors (Lipinski definition) is 1. The number of esters is 2. The summed E-state index contributed by atoms with van der Waals surface area (Å²) in [5.41, 5.74) is 3.41. The maximum absolute atomic E-state index is 12.9. The largest absolute Gasteiger partial charge is 0.466 e. The summed E-state index contributed by atoms with van der Waals surface area (Å²) in [6.45, 7) is 7.12. The molecule has 1 aromatic carbocycles. The highest BCUT2D eigenvalue weighted by Gasteiger charge is 2.39. The summed E-state index contributed by atoms with van der Waals surface area (Å²) in [5.74, 6) is -1.70. The average Bonchev–Trinajstić information content (AvgIpc) is 3.16. The number of benzene rings is 1. The lowest BCUT2D eigenvalue weighted by Gasteiger charge is -2.29. The number of ether oxygens (including phenoxy) is 2. The summed E-state index contributed by atoms with van der Waals surface area (Å²) < 4.78 is 10.5. The topological polar surface area (TPSA) is 77.5 Å². The highest BCUT2D eigenvalue weighted by Crippen LogP contribution is 2.40. The van der Waals surface area contributed by atoms with E-state index in [1.807, 2.05) is 17.5 Å². The standard InChI is InChI=1S/C22H23ClN2O4S/c1-11(2)29-22(27)18-13(4)24-12(3)17(21(26)28-5)19(18)16-10-30-20(25-16)14-6-8-15(23)9-7-14/h6-11,19,24H,1-5H3. The van der Waals surface area contributed by atoms with Crippen LogP contribution in [0.25, 0.3) is 10.6 Å². The number of nitrogens with one attached hydrogen (secondary N) is 1. The molecule has 0 saturated carbocycles. The SMILES string of the molecule is COC(=O)C1=C(C)NC(C)=C(C(=O)OC(C)C)C1c1csc(-c2ccc(Cl)cc2)n1. The Balaban J connectivity index is 2.11. The number of thiazole rings is 1. The number of aromatic nitrogens is 1. The minimum atomic E-state index is -0.692. The summed E-state index contributed by atoms with van der Waals surface area (Å²) in [6.07, 6.45) is -0.299. The monoisotopic (exact) mass is 446 g/mol. The summed E-state index contributed by atoms with van der Waals surface area (Å²) in [5, 5.41) is 6.36. The Kier molecular flexibility index (Phi) is 6.63. The predicted molar refractivity (Wildman–Crippen MR) is 117 cm³/mol. The van der Waals surface area contributed by atoms with Crippen LogP contribution in [0.4, 0.5) is 0 Å². The lowest BCUT2D eigenvalue weighted by Crippen LogP contribution is -2.33. The molecule has 0 spiro atoms. The van der Waals surface area contributed by atoms with Gasteiger partial charge in [-0.2, -0.15) is 0 Å². The number of dihydropyridines is 1. The van der Waals surface area contributed by atoms with Gasteiger partial charge in [-0.3, -0.25) is 0 Å². The van der Waals surface area contributed by atoms with Crippen LogP contribution < -0.4 is 5.32 Å². The number of rotatable bonds is 5. The molecule has 0 saturated heterocycles. The van der Waals surface area contributed by atoms with Crippen LogP contribution in [0.1, 0.15) is 39.3 Å². The van der Waals surface area contributed by atoms with Gasteiger partial charge in [0, 0.05) is 27.4 Å². The van der Waals surface area contributed by atoms with Crippen LogP contribution in [0, 0.1) is 0 Å². The van der Waals surface area contributed by atoms with Crippen LogP contribution in [0.2, 0.25) is 5.02 Å². The summed E-state index contributed by atoms with van der Waals surface area (Å²) in [4.78, 5) is 30.3. The zero-order chi connectivity index (χ0) is 22.0. The number of halogens is 1. The van der Waals surface area contributed by atoms with Crippen LogP contribution in [-0.2, 0) is 19.1 Å². The first-order chi connectivity index (χ1) is 14.2. The van der Waals surface area contributed by atoms with E-state index in [-0.39, 0.29) is 6.10 Å². The van der Waals surface area contributed by atoms with Crippen LogP contribution in [0.15, 0.2) is 52.2 Å². The third-order valence-corrected chi connectivity index (χ3v) is 5.80. The van der Waals surface area contributed by atoms with Crippen LogP contribution in [0.3, 0.4) is 0 Å². The molecule has 1 aliphatic heterocycles. The van der Waals surface area contributed by atoms with E-state index in [1.54, 1.807) is 39.8 Å². The van der Waals surface area contributed by atoms with Crippen molar-refractivity contribution in [1.82, 2.24) is 10.3 Å². The third kappa shape index (κ3) is 4.42. The van der Waals surface area contributed by atoms with Gasteiger partial charge in [0.15, 0.2) is 0 Å². The van der Waals surface area contributed by atoms with Crippen molar-refractivity contribution in [2.75, 3.05) is 7.11 Å². The molecule has 8 heteroatoms. The first-order valence-corrected chi connectivity index (χ1v) is 10.7. The first-order valence-electron chi connectivity index (χ1n) is 9.42. The van der Waals surface area contributed by atoms with E-state index < -0.39 is 17.9 Å². The Morgan fingerprint density at radius 2 is 1.70 bits per heavy atom. The smallest absolute Gasteiger partial charge is 0.337 e. The van der Waals surface area contributed by atoms with Crippen molar-refractivity contribution >= 4 is 34.9 Å². The Morgan fingerprint density at radius 1 is 1.10 bits per heavy atom. The number of carbonyl (C=O) groups is 2. The van der Waals surface area contributed by atoms with Crippen LogP contribution in [-0.4, -0.2) is 30.1 Å². The second kappa shape index (κ2) is 9.02. The molecule has 1 atom stereocenters. The highest BCUT2D eigenvalue weighted by molar-refractivity contribution is 7.13. The molecule has 3 rings (SSSR count). The molecule has 0 amide bonds. The Labute approximate surface area is 184 Å². The maximum atomic E-state index is 12.9. The van der Waals surface area contributed by atoms with Gasteiger partial charge < -0.3 is 14.8 Å². The average molecular weight is 447 g/mol. The Morgan fingerprint density at radius 3 is 2.27 bits per heavy atom. The van der Waals surface area contributed by atoms with E-state index in [9.17, 15) is 9.59 Å². The van der Waals surface area contributed by atoms with E-state index in [2.05, 4.69) is 5.32 Å². The number of nitrogens with zero attached hydrogens (tertiary/aromatic N) is 1. The summed E-state index contributed by atoms with van der Waals surface area (Å²) in [7, 11) is 1.32. The molecule has 30 heavy (non-hydrogen) atoms. The van der Waals surface area contributed by atoms with Gasteiger partial charge in [-0.15, -0.1) is 11.3 Å². The summed E-state index contributed by atoms with van der Waals surface area (Å²) in [6, 6.07) is 7.35. The molecule has 1 aromatic heterocycles. The van der Waals surface area contributed by atoms with Gasteiger partial charge in [0.1, 0.15) is 5.01 Å². The van der Waals surface area contributed by atoms with Gasteiger partial charge in [-0.25, -0.2) is 14.6 Å². The molecular formula is C22H23ClN2O4S. The normalized spacial score (nSPS) is 16.6. The number of methoxy groups -OCH3 is 1. The van der Waals surface area contributed by atoms with Gasteiger partial charge in [-0.05, 0) is 39.8 Å². The zero-order valence-corrected chi connectivity index (χ0v) is 19.0. The molecule has 0 fully saturated rings. The first kappa shape index (κ1) is 22.1. The molecule has 0 aliphatic carbocycles. The predicted octanol–water partition coefficient (Wildman–Crippen LogP) is 4.82. The van der Waals surface area contributed by atoms with Crippen LogP contribution in [0.5, 0.6) is 0 Å². The van der Waals surface area contributed by atoms with Gasteiger partial charge in [0.2, 0.25) is 0 Å². The second-order valence-electron chi connectivity index (χ2n) is 7.17. The Bertz CT molecular complexity index is 1040. The third-order valence-electron chi connectivity index (χ3n) is 4.64. The molecule has 6 nitrogen and oxygen atoms in total. The molecule has 1 unspecified atom stereocenters.